The summed E-state index contributed by atoms with van der Waals surface area (Å²) in [7, 11) is 2.19. The van der Waals surface area contributed by atoms with Gasteiger partial charge in [0, 0.05) is 67.3 Å². The number of piperazine rings is 1. The highest BCUT2D eigenvalue weighted by atomic mass is 32.1. The molecule has 3 aromatic heterocycles. The van der Waals surface area contributed by atoms with Crippen LogP contribution in [0.15, 0.2) is 66.3 Å². The number of rotatable bonds is 6. The Labute approximate surface area is 214 Å². The zero-order valence-corrected chi connectivity index (χ0v) is 21.3. The maximum Gasteiger partial charge on any atom is 0.187 e. The van der Waals surface area contributed by atoms with Gasteiger partial charge in [-0.15, -0.1) is 11.3 Å². The van der Waals surface area contributed by atoms with Crippen LogP contribution in [0.1, 0.15) is 11.1 Å². The second kappa shape index (κ2) is 9.81. The summed E-state index contributed by atoms with van der Waals surface area (Å²) in [5.74, 6) is 0.899. The van der Waals surface area contributed by atoms with Crippen LogP contribution in [-0.2, 0) is 6.54 Å². The zero-order chi connectivity index (χ0) is 24.5. The van der Waals surface area contributed by atoms with Crippen molar-refractivity contribution in [2.45, 2.75) is 13.5 Å². The number of fused-ring (bicyclic) bond motifs is 1. The Hall–Kier alpha value is -3.59. The molecule has 1 fully saturated rings. The molecule has 36 heavy (non-hydrogen) atoms. The van der Waals surface area contributed by atoms with Crippen LogP contribution in [0.5, 0.6) is 0 Å². The molecule has 2 N–H and O–H groups in total. The fraction of sp³-hybridized carbons (Fsp3) is 0.250. The van der Waals surface area contributed by atoms with Crippen LogP contribution in [0.25, 0.3) is 33.7 Å². The predicted octanol–water partition coefficient (Wildman–Crippen LogP) is 5.55. The van der Waals surface area contributed by atoms with Crippen molar-refractivity contribution < 1.29 is 0 Å². The fourth-order valence-electron chi connectivity index (χ4n) is 4.62. The van der Waals surface area contributed by atoms with Crippen LogP contribution >= 0.6 is 11.3 Å². The molecule has 0 atom stereocenters. The number of imidazole rings is 1. The fourth-order valence-corrected chi connectivity index (χ4v) is 5.35. The Bertz CT molecular complexity index is 1480. The smallest absolute Gasteiger partial charge is 0.187 e. The summed E-state index contributed by atoms with van der Waals surface area (Å²) in [5.41, 5.74) is 8.58. The SMILES string of the molecule is Cc1cc2[nH]c(-c3cccc(CN4CCN(C)CC4)c3)nc2cc1Nc1nc(-c2ccncc2)cs1. The third kappa shape index (κ3) is 4.88. The minimum Gasteiger partial charge on any atom is -0.338 e. The Kier molecular flexibility index (Phi) is 6.23. The van der Waals surface area contributed by atoms with Crippen molar-refractivity contribution in [1.29, 1.82) is 0 Å². The van der Waals surface area contributed by atoms with Gasteiger partial charge in [0.15, 0.2) is 5.13 Å². The van der Waals surface area contributed by atoms with Crippen LogP contribution < -0.4 is 5.32 Å². The lowest BCUT2D eigenvalue weighted by Crippen LogP contribution is -2.43. The van der Waals surface area contributed by atoms with Crippen molar-refractivity contribution in [1.82, 2.24) is 29.7 Å². The van der Waals surface area contributed by atoms with E-state index >= 15 is 0 Å². The molecule has 6 rings (SSSR count). The van der Waals surface area contributed by atoms with Gasteiger partial charge in [-0.3, -0.25) is 9.88 Å². The molecule has 8 heteroatoms. The molecule has 7 nitrogen and oxygen atoms in total. The normalized spacial score (nSPS) is 14.9. The number of aromatic amines is 1. The summed E-state index contributed by atoms with van der Waals surface area (Å²) >= 11 is 1.59. The Morgan fingerprint density at radius 2 is 1.81 bits per heavy atom. The monoisotopic (exact) mass is 495 g/mol. The van der Waals surface area contributed by atoms with Gasteiger partial charge in [-0.2, -0.15) is 0 Å². The Balaban J connectivity index is 1.22. The molecule has 1 aliphatic rings. The highest BCUT2D eigenvalue weighted by molar-refractivity contribution is 7.14. The average Bonchev–Trinajstić information content (AvgIpc) is 3.53. The van der Waals surface area contributed by atoms with Crippen molar-refractivity contribution in [2.75, 3.05) is 38.5 Å². The van der Waals surface area contributed by atoms with Gasteiger partial charge < -0.3 is 15.2 Å². The number of anilines is 2. The van der Waals surface area contributed by atoms with Crippen molar-refractivity contribution in [3.8, 4) is 22.6 Å². The standard InChI is InChI=1S/C28H29N7S/c1-19-14-24-25(16-23(19)32-28-33-26(18-36-28)21-6-8-29-9-7-21)31-27(30-24)22-5-3-4-20(15-22)17-35-12-10-34(2)11-13-35/h3-9,14-16,18H,10-13,17H2,1-2H3,(H,30,31)(H,32,33). The largest absolute Gasteiger partial charge is 0.338 e. The van der Waals surface area contributed by atoms with Gasteiger partial charge in [-0.1, -0.05) is 18.2 Å². The van der Waals surface area contributed by atoms with E-state index < -0.39 is 0 Å². The number of nitrogens with one attached hydrogen (secondary N) is 2. The van der Waals surface area contributed by atoms with E-state index in [0.29, 0.717) is 0 Å². The molecule has 0 radical (unpaired) electrons. The number of pyridine rings is 1. The van der Waals surface area contributed by atoms with Crippen molar-refractivity contribution in [2.24, 2.45) is 0 Å². The van der Waals surface area contributed by atoms with E-state index in [4.69, 9.17) is 9.97 Å². The minimum absolute atomic E-state index is 0.858. The Morgan fingerprint density at radius 1 is 0.972 bits per heavy atom. The van der Waals surface area contributed by atoms with E-state index in [0.717, 1.165) is 82.8 Å². The molecule has 0 unspecified atom stereocenters. The van der Waals surface area contributed by atoms with Gasteiger partial charge in [0.25, 0.3) is 0 Å². The number of thiazole rings is 1. The topological polar surface area (TPSA) is 73.0 Å². The summed E-state index contributed by atoms with van der Waals surface area (Å²) in [6.07, 6.45) is 3.58. The lowest BCUT2D eigenvalue weighted by Gasteiger charge is -2.32. The highest BCUT2D eigenvalue weighted by Crippen LogP contribution is 2.31. The van der Waals surface area contributed by atoms with Crippen molar-refractivity contribution in [3.05, 3.63) is 77.4 Å². The van der Waals surface area contributed by atoms with Gasteiger partial charge in [-0.05, 0) is 55.4 Å². The van der Waals surface area contributed by atoms with Crippen molar-refractivity contribution in [3.63, 3.8) is 0 Å². The van der Waals surface area contributed by atoms with Crippen LogP contribution in [-0.4, -0.2) is 63.0 Å². The molecule has 0 aliphatic carbocycles. The number of benzene rings is 2. The van der Waals surface area contributed by atoms with E-state index in [9.17, 15) is 0 Å². The first-order valence-electron chi connectivity index (χ1n) is 12.2. The quantitative estimate of drug-likeness (QED) is 0.322. The molecule has 0 spiro atoms. The van der Waals surface area contributed by atoms with Gasteiger partial charge in [0.2, 0.25) is 0 Å². The predicted molar refractivity (Wildman–Crippen MR) is 148 cm³/mol. The molecule has 0 amide bonds. The lowest BCUT2D eigenvalue weighted by molar-refractivity contribution is 0.148. The average molecular weight is 496 g/mol. The van der Waals surface area contributed by atoms with Crippen LogP contribution in [0, 0.1) is 6.92 Å². The van der Waals surface area contributed by atoms with Gasteiger partial charge >= 0.3 is 0 Å². The summed E-state index contributed by atoms with van der Waals surface area (Å²) < 4.78 is 0. The molecule has 5 aromatic rings. The highest BCUT2D eigenvalue weighted by Gasteiger charge is 2.15. The van der Waals surface area contributed by atoms with Crippen LogP contribution in [0.3, 0.4) is 0 Å². The molecule has 0 saturated carbocycles. The molecule has 182 valence electrons. The van der Waals surface area contributed by atoms with Gasteiger partial charge in [0.05, 0.1) is 16.7 Å². The van der Waals surface area contributed by atoms with E-state index in [1.807, 2.05) is 12.1 Å². The van der Waals surface area contributed by atoms with E-state index in [1.54, 1.807) is 23.7 Å². The number of aromatic nitrogens is 4. The number of nitrogens with zero attached hydrogens (tertiary/aromatic N) is 5. The first-order chi connectivity index (χ1) is 17.6. The number of likely N-dealkylation sites (N-methyl/N-ethyl adjacent to an activating group) is 1. The number of hydrogen-bond acceptors (Lipinski definition) is 7. The summed E-state index contributed by atoms with van der Waals surface area (Å²) in [4.78, 5) is 22.2. The second-order valence-corrected chi connectivity index (χ2v) is 10.3. The van der Waals surface area contributed by atoms with Crippen molar-refractivity contribution >= 4 is 33.2 Å². The zero-order valence-electron chi connectivity index (χ0n) is 20.5. The molecular formula is C28H29N7S. The molecule has 1 saturated heterocycles. The van der Waals surface area contributed by atoms with E-state index in [-0.39, 0.29) is 0 Å². The van der Waals surface area contributed by atoms with E-state index in [2.05, 4.69) is 80.8 Å². The summed E-state index contributed by atoms with van der Waals surface area (Å²) in [6.45, 7) is 7.57. The minimum atomic E-state index is 0.858. The summed E-state index contributed by atoms with van der Waals surface area (Å²) in [5, 5.41) is 6.41. The van der Waals surface area contributed by atoms with Gasteiger partial charge in [-0.25, -0.2) is 9.97 Å². The molecule has 0 bridgehead atoms. The number of aryl methyl sites for hydroxylation is 1. The third-order valence-corrected chi connectivity index (χ3v) is 7.51. The van der Waals surface area contributed by atoms with E-state index in [1.165, 1.54) is 5.56 Å². The first-order valence-corrected chi connectivity index (χ1v) is 13.1. The number of H-pyrrole nitrogens is 1. The molecule has 1 aliphatic heterocycles. The Morgan fingerprint density at radius 3 is 2.64 bits per heavy atom. The van der Waals surface area contributed by atoms with Gasteiger partial charge in [0.1, 0.15) is 5.82 Å². The first kappa shape index (κ1) is 22.8. The molecule has 4 heterocycles. The maximum atomic E-state index is 4.94. The lowest BCUT2D eigenvalue weighted by atomic mass is 10.1. The number of hydrogen-bond donors (Lipinski definition) is 2. The molecule has 2 aromatic carbocycles. The third-order valence-electron chi connectivity index (χ3n) is 6.75. The van der Waals surface area contributed by atoms with Crippen LogP contribution in [0.4, 0.5) is 10.8 Å². The molecular weight excluding hydrogens is 466 g/mol. The van der Waals surface area contributed by atoms with Crippen LogP contribution in [0.2, 0.25) is 0 Å². The summed E-state index contributed by atoms with van der Waals surface area (Å²) in [6, 6.07) is 16.9. The second-order valence-electron chi connectivity index (χ2n) is 9.45. The maximum absolute atomic E-state index is 4.94.